The molecular formula is C18H18N4O2S. The van der Waals surface area contributed by atoms with Crippen LogP contribution in [-0.4, -0.2) is 15.9 Å². The number of benzene rings is 1. The first-order valence-electron chi connectivity index (χ1n) is 7.77. The van der Waals surface area contributed by atoms with E-state index >= 15 is 0 Å². The molecular weight excluding hydrogens is 336 g/mol. The lowest BCUT2D eigenvalue weighted by molar-refractivity contribution is 0.0224. The summed E-state index contributed by atoms with van der Waals surface area (Å²) in [6, 6.07) is 11.1. The zero-order valence-corrected chi connectivity index (χ0v) is 14.5. The minimum atomic E-state index is -0.304. The fourth-order valence-electron chi connectivity index (χ4n) is 2.24. The van der Waals surface area contributed by atoms with Crippen molar-refractivity contribution >= 4 is 22.9 Å². The number of anilines is 1. The summed E-state index contributed by atoms with van der Waals surface area (Å²) in [4.78, 5) is 26.0. The number of para-hydroxylation sites is 1. The molecule has 0 unspecified atom stereocenters. The number of nitrogens with one attached hydrogen (secondary N) is 2. The summed E-state index contributed by atoms with van der Waals surface area (Å²) in [7, 11) is 0. The Bertz CT molecular complexity index is 836. The molecule has 0 aliphatic heterocycles. The third kappa shape index (κ3) is 4.85. The number of aromatic nitrogens is 2. The average molecular weight is 354 g/mol. The van der Waals surface area contributed by atoms with Crippen molar-refractivity contribution in [2.24, 2.45) is 0 Å². The van der Waals surface area contributed by atoms with Gasteiger partial charge in [-0.3, -0.25) is 14.6 Å². The quantitative estimate of drug-likeness (QED) is 0.637. The van der Waals surface area contributed by atoms with Crippen molar-refractivity contribution in [3.63, 3.8) is 0 Å². The monoisotopic (exact) mass is 354 g/mol. The van der Waals surface area contributed by atoms with Gasteiger partial charge in [0, 0.05) is 30.0 Å². The number of carbonyl (C=O) groups excluding carboxylic acids is 1. The summed E-state index contributed by atoms with van der Waals surface area (Å²) in [5.41, 5.74) is 5.55. The van der Waals surface area contributed by atoms with E-state index < -0.39 is 0 Å². The van der Waals surface area contributed by atoms with E-state index in [1.54, 1.807) is 29.8 Å². The molecule has 1 amide bonds. The largest absolute Gasteiger partial charge is 0.380 e. The first-order chi connectivity index (χ1) is 12.2. The van der Waals surface area contributed by atoms with Crippen molar-refractivity contribution in [3.05, 3.63) is 76.0 Å². The van der Waals surface area contributed by atoms with Gasteiger partial charge in [-0.15, -0.1) is 11.3 Å². The van der Waals surface area contributed by atoms with Gasteiger partial charge in [-0.05, 0) is 30.7 Å². The minimum absolute atomic E-state index is 0.237. The Morgan fingerprint density at radius 3 is 2.88 bits per heavy atom. The second-order valence-electron chi connectivity index (χ2n) is 5.34. The van der Waals surface area contributed by atoms with Gasteiger partial charge in [-0.25, -0.2) is 10.5 Å². The van der Waals surface area contributed by atoms with Crippen LogP contribution in [0.25, 0.3) is 0 Å². The highest BCUT2D eigenvalue weighted by Gasteiger charge is 2.11. The summed E-state index contributed by atoms with van der Waals surface area (Å²) in [5, 5.41) is 6.13. The fraction of sp³-hybridized carbons (Fsp3) is 0.167. The van der Waals surface area contributed by atoms with E-state index in [2.05, 4.69) is 20.8 Å². The maximum Gasteiger partial charge on any atom is 0.276 e. The third-order valence-electron chi connectivity index (χ3n) is 3.43. The van der Waals surface area contributed by atoms with Gasteiger partial charge >= 0.3 is 0 Å². The third-order valence-corrected chi connectivity index (χ3v) is 4.25. The number of hydrogen-bond donors (Lipinski definition) is 2. The van der Waals surface area contributed by atoms with Gasteiger partial charge in [0.2, 0.25) is 0 Å². The van der Waals surface area contributed by atoms with Crippen LogP contribution in [-0.2, 0) is 18.0 Å². The van der Waals surface area contributed by atoms with E-state index in [0.29, 0.717) is 12.1 Å². The van der Waals surface area contributed by atoms with Crippen LogP contribution in [0.1, 0.15) is 26.6 Å². The molecule has 0 fully saturated rings. The van der Waals surface area contributed by atoms with E-state index in [1.165, 1.54) is 0 Å². The van der Waals surface area contributed by atoms with Crippen LogP contribution in [0.3, 0.4) is 0 Å². The number of hydrogen-bond acceptors (Lipinski definition) is 6. The molecule has 2 heterocycles. The van der Waals surface area contributed by atoms with E-state index in [4.69, 9.17) is 4.84 Å². The average Bonchev–Trinajstić information content (AvgIpc) is 3.06. The topological polar surface area (TPSA) is 76.1 Å². The van der Waals surface area contributed by atoms with Crippen LogP contribution < -0.4 is 10.8 Å². The molecule has 0 saturated heterocycles. The molecule has 25 heavy (non-hydrogen) atoms. The van der Waals surface area contributed by atoms with Gasteiger partial charge in [-0.2, -0.15) is 0 Å². The number of pyridine rings is 1. The second-order valence-corrected chi connectivity index (χ2v) is 6.40. The van der Waals surface area contributed by atoms with Crippen molar-refractivity contribution in [3.8, 4) is 0 Å². The maximum atomic E-state index is 12.4. The molecule has 7 heteroatoms. The Kier molecular flexibility index (Phi) is 5.71. The minimum Gasteiger partial charge on any atom is -0.380 e. The van der Waals surface area contributed by atoms with E-state index in [9.17, 15) is 4.79 Å². The number of hydroxylamine groups is 1. The second kappa shape index (κ2) is 8.36. The molecule has 2 N–H and O–H groups in total. The lowest BCUT2D eigenvalue weighted by Crippen LogP contribution is -2.24. The van der Waals surface area contributed by atoms with E-state index in [0.717, 1.165) is 22.0 Å². The molecule has 0 aliphatic carbocycles. The highest BCUT2D eigenvalue weighted by Crippen LogP contribution is 2.16. The van der Waals surface area contributed by atoms with Gasteiger partial charge in [0.1, 0.15) is 6.61 Å². The Balaban J connectivity index is 1.58. The van der Waals surface area contributed by atoms with Crippen LogP contribution >= 0.6 is 11.3 Å². The smallest absolute Gasteiger partial charge is 0.276 e. The summed E-state index contributed by atoms with van der Waals surface area (Å²) in [5.74, 6) is -0.304. The van der Waals surface area contributed by atoms with Crippen molar-refractivity contribution in [1.82, 2.24) is 15.4 Å². The van der Waals surface area contributed by atoms with Crippen LogP contribution in [0.2, 0.25) is 0 Å². The predicted octanol–water partition coefficient (Wildman–Crippen LogP) is 3.32. The number of nitrogens with zero attached hydrogens (tertiary/aromatic N) is 2. The van der Waals surface area contributed by atoms with E-state index in [1.807, 2.05) is 42.6 Å². The van der Waals surface area contributed by atoms with Crippen molar-refractivity contribution in [1.29, 1.82) is 0 Å². The van der Waals surface area contributed by atoms with Crippen LogP contribution in [0.5, 0.6) is 0 Å². The molecule has 3 rings (SSSR count). The first-order valence-corrected chi connectivity index (χ1v) is 8.65. The Morgan fingerprint density at radius 1 is 1.24 bits per heavy atom. The molecule has 0 bridgehead atoms. The Morgan fingerprint density at radius 2 is 2.12 bits per heavy atom. The molecule has 0 spiro atoms. The SMILES string of the molecule is Cc1nc(CONC(=O)c2ccccc2NCc2cccnc2)cs1. The molecule has 0 radical (unpaired) electrons. The van der Waals surface area contributed by atoms with Gasteiger partial charge in [0.15, 0.2) is 0 Å². The molecule has 3 aromatic rings. The number of thiazole rings is 1. The summed E-state index contributed by atoms with van der Waals surface area (Å²) >= 11 is 1.55. The number of carbonyl (C=O) groups is 1. The van der Waals surface area contributed by atoms with Gasteiger partial charge < -0.3 is 5.32 Å². The van der Waals surface area contributed by atoms with Crippen LogP contribution in [0.15, 0.2) is 54.2 Å². The maximum absolute atomic E-state index is 12.4. The van der Waals surface area contributed by atoms with Gasteiger partial charge in [-0.1, -0.05) is 18.2 Å². The molecule has 1 aromatic carbocycles. The van der Waals surface area contributed by atoms with Crippen molar-refractivity contribution in [2.75, 3.05) is 5.32 Å². The standard InChI is InChI=1S/C18H18N4O2S/c1-13-21-15(12-25-13)11-24-22-18(23)16-6-2-3-7-17(16)20-10-14-5-4-8-19-9-14/h2-9,12,20H,10-11H2,1H3,(H,22,23). The van der Waals surface area contributed by atoms with Gasteiger partial charge in [0.05, 0.1) is 16.3 Å². The number of amides is 1. The van der Waals surface area contributed by atoms with Crippen LogP contribution in [0, 0.1) is 6.92 Å². The van der Waals surface area contributed by atoms with Crippen molar-refractivity contribution < 1.29 is 9.63 Å². The molecule has 128 valence electrons. The fourth-order valence-corrected chi connectivity index (χ4v) is 2.84. The zero-order chi connectivity index (χ0) is 17.5. The van der Waals surface area contributed by atoms with Crippen molar-refractivity contribution in [2.45, 2.75) is 20.1 Å². The highest BCUT2D eigenvalue weighted by molar-refractivity contribution is 7.09. The Hall–Kier alpha value is -2.77. The molecule has 6 nitrogen and oxygen atoms in total. The molecule has 0 atom stereocenters. The highest BCUT2D eigenvalue weighted by atomic mass is 32.1. The normalized spacial score (nSPS) is 10.4. The summed E-state index contributed by atoms with van der Waals surface area (Å²) in [6.07, 6.45) is 3.51. The molecule has 0 aliphatic rings. The summed E-state index contributed by atoms with van der Waals surface area (Å²) in [6.45, 7) is 2.75. The summed E-state index contributed by atoms with van der Waals surface area (Å²) < 4.78 is 0. The number of aryl methyl sites for hydroxylation is 1. The molecule has 2 aromatic heterocycles. The first kappa shape index (κ1) is 17.1. The van der Waals surface area contributed by atoms with E-state index in [-0.39, 0.29) is 12.5 Å². The Labute approximate surface area is 149 Å². The predicted molar refractivity (Wildman–Crippen MR) is 97.1 cm³/mol. The lowest BCUT2D eigenvalue weighted by Gasteiger charge is -2.12. The lowest BCUT2D eigenvalue weighted by atomic mass is 10.1. The van der Waals surface area contributed by atoms with Gasteiger partial charge in [0.25, 0.3) is 5.91 Å². The molecule has 0 saturated carbocycles. The van der Waals surface area contributed by atoms with Crippen LogP contribution in [0.4, 0.5) is 5.69 Å². The zero-order valence-electron chi connectivity index (χ0n) is 13.7. The number of rotatable bonds is 7.